The highest BCUT2D eigenvalue weighted by atomic mass is 15.0. The summed E-state index contributed by atoms with van der Waals surface area (Å²) in [5, 5.41) is 3.70. The van der Waals surface area contributed by atoms with E-state index < -0.39 is 0 Å². The highest BCUT2D eigenvalue weighted by Crippen LogP contribution is 2.58. The Labute approximate surface area is 105 Å². The standard InChI is InChI=1S/C16H23N/c1-12(2)16(13-6-4-3-5-7-13)10-14(16)11-17-15-8-9-15/h3-7,12,14-15,17H,8-11H2,1-2H3. The first kappa shape index (κ1) is 11.3. The Morgan fingerprint density at radius 3 is 2.53 bits per heavy atom. The number of hydrogen-bond donors (Lipinski definition) is 1. The van der Waals surface area contributed by atoms with Crippen molar-refractivity contribution >= 4 is 0 Å². The lowest BCUT2D eigenvalue weighted by molar-refractivity contribution is 0.428. The molecule has 0 aromatic heterocycles. The molecule has 2 aliphatic carbocycles. The van der Waals surface area contributed by atoms with Crippen molar-refractivity contribution in [2.45, 2.75) is 44.6 Å². The van der Waals surface area contributed by atoms with Gasteiger partial charge >= 0.3 is 0 Å². The first-order chi connectivity index (χ1) is 8.23. The summed E-state index contributed by atoms with van der Waals surface area (Å²) in [4.78, 5) is 0. The SMILES string of the molecule is CC(C)C1(c2ccccc2)CC1CNC1CC1. The van der Waals surface area contributed by atoms with Crippen molar-refractivity contribution in [1.29, 1.82) is 0 Å². The predicted molar refractivity (Wildman–Crippen MR) is 72.1 cm³/mol. The molecule has 2 atom stereocenters. The van der Waals surface area contributed by atoms with Gasteiger partial charge in [-0.15, -0.1) is 0 Å². The van der Waals surface area contributed by atoms with E-state index >= 15 is 0 Å². The first-order valence-electron chi connectivity index (χ1n) is 7.02. The third kappa shape index (κ3) is 2.01. The molecule has 1 nitrogen and oxygen atoms in total. The number of benzene rings is 1. The molecule has 0 spiro atoms. The second kappa shape index (κ2) is 4.13. The maximum atomic E-state index is 3.70. The van der Waals surface area contributed by atoms with Crippen LogP contribution in [0.3, 0.4) is 0 Å². The van der Waals surface area contributed by atoms with Crippen LogP contribution in [0.4, 0.5) is 0 Å². The van der Waals surface area contributed by atoms with Crippen molar-refractivity contribution in [2.75, 3.05) is 6.54 Å². The van der Waals surface area contributed by atoms with Crippen LogP contribution in [0, 0.1) is 11.8 Å². The van der Waals surface area contributed by atoms with Gasteiger partial charge in [-0.3, -0.25) is 0 Å². The van der Waals surface area contributed by atoms with Gasteiger partial charge in [-0.25, -0.2) is 0 Å². The van der Waals surface area contributed by atoms with Crippen LogP contribution in [0.15, 0.2) is 30.3 Å². The Morgan fingerprint density at radius 2 is 1.94 bits per heavy atom. The Hall–Kier alpha value is -0.820. The Bertz CT molecular complexity index is 380. The van der Waals surface area contributed by atoms with E-state index in [1.54, 1.807) is 5.56 Å². The van der Waals surface area contributed by atoms with Crippen LogP contribution >= 0.6 is 0 Å². The predicted octanol–water partition coefficient (Wildman–Crippen LogP) is 3.35. The van der Waals surface area contributed by atoms with Crippen molar-refractivity contribution in [3.05, 3.63) is 35.9 Å². The highest BCUT2D eigenvalue weighted by molar-refractivity contribution is 5.34. The van der Waals surface area contributed by atoms with Gasteiger partial charge in [0.25, 0.3) is 0 Å². The summed E-state index contributed by atoms with van der Waals surface area (Å²) in [6.07, 6.45) is 4.16. The average molecular weight is 229 g/mol. The maximum absolute atomic E-state index is 3.70. The number of rotatable bonds is 5. The fraction of sp³-hybridized carbons (Fsp3) is 0.625. The van der Waals surface area contributed by atoms with E-state index in [2.05, 4.69) is 49.5 Å². The zero-order valence-corrected chi connectivity index (χ0v) is 10.9. The molecule has 1 aromatic carbocycles. The van der Waals surface area contributed by atoms with Crippen LogP contribution in [0.25, 0.3) is 0 Å². The van der Waals surface area contributed by atoms with Gasteiger partial charge in [0.15, 0.2) is 0 Å². The zero-order chi connectivity index (χ0) is 11.9. The molecule has 1 heteroatoms. The van der Waals surface area contributed by atoms with Gasteiger partial charge in [0, 0.05) is 11.5 Å². The molecular formula is C16H23N. The molecule has 0 bridgehead atoms. The third-order valence-corrected chi connectivity index (χ3v) is 4.72. The van der Waals surface area contributed by atoms with Crippen molar-refractivity contribution in [2.24, 2.45) is 11.8 Å². The quantitative estimate of drug-likeness (QED) is 0.816. The lowest BCUT2D eigenvalue weighted by atomic mass is 9.83. The van der Waals surface area contributed by atoms with Gasteiger partial charge in [0.05, 0.1) is 0 Å². The zero-order valence-electron chi connectivity index (χ0n) is 10.9. The van der Waals surface area contributed by atoms with Crippen LogP contribution in [-0.4, -0.2) is 12.6 Å². The Morgan fingerprint density at radius 1 is 1.24 bits per heavy atom. The number of nitrogens with one attached hydrogen (secondary N) is 1. The molecular weight excluding hydrogens is 206 g/mol. The normalized spacial score (nSPS) is 31.8. The van der Waals surface area contributed by atoms with E-state index in [0.717, 1.165) is 17.9 Å². The van der Waals surface area contributed by atoms with Crippen molar-refractivity contribution in [1.82, 2.24) is 5.32 Å². The van der Waals surface area contributed by atoms with E-state index in [4.69, 9.17) is 0 Å². The van der Waals surface area contributed by atoms with Crippen LogP contribution in [0.5, 0.6) is 0 Å². The summed E-state index contributed by atoms with van der Waals surface area (Å²) < 4.78 is 0. The minimum atomic E-state index is 0.461. The topological polar surface area (TPSA) is 12.0 Å². The van der Waals surface area contributed by atoms with E-state index in [-0.39, 0.29) is 0 Å². The lowest BCUT2D eigenvalue weighted by Gasteiger charge is -2.23. The van der Waals surface area contributed by atoms with Crippen molar-refractivity contribution in [3.8, 4) is 0 Å². The molecule has 1 N–H and O–H groups in total. The molecule has 2 aliphatic rings. The third-order valence-electron chi connectivity index (χ3n) is 4.72. The first-order valence-corrected chi connectivity index (χ1v) is 7.02. The summed E-state index contributed by atoms with van der Waals surface area (Å²) in [6.45, 7) is 5.98. The molecule has 2 fully saturated rings. The van der Waals surface area contributed by atoms with E-state index in [9.17, 15) is 0 Å². The summed E-state index contributed by atoms with van der Waals surface area (Å²) in [6, 6.07) is 12.0. The van der Waals surface area contributed by atoms with Gasteiger partial charge in [-0.2, -0.15) is 0 Å². The smallest absolute Gasteiger partial charge is 0.00683 e. The molecule has 3 rings (SSSR count). The van der Waals surface area contributed by atoms with Gasteiger partial charge in [-0.1, -0.05) is 44.2 Å². The number of hydrogen-bond acceptors (Lipinski definition) is 1. The molecule has 0 radical (unpaired) electrons. The molecule has 92 valence electrons. The lowest BCUT2D eigenvalue weighted by Crippen LogP contribution is -2.26. The van der Waals surface area contributed by atoms with Gasteiger partial charge in [0.1, 0.15) is 0 Å². The molecule has 0 aliphatic heterocycles. The fourth-order valence-corrected chi connectivity index (χ4v) is 3.34. The van der Waals surface area contributed by atoms with Crippen molar-refractivity contribution in [3.63, 3.8) is 0 Å². The second-order valence-corrected chi connectivity index (χ2v) is 6.14. The monoisotopic (exact) mass is 229 g/mol. The summed E-state index contributed by atoms with van der Waals surface area (Å²) in [5.41, 5.74) is 2.01. The van der Waals surface area contributed by atoms with Crippen LogP contribution < -0.4 is 5.32 Å². The highest BCUT2D eigenvalue weighted by Gasteiger charge is 2.56. The molecule has 2 unspecified atom stereocenters. The van der Waals surface area contributed by atoms with Crippen LogP contribution in [-0.2, 0) is 5.41 Å². The molecule has 0 heterocycles. The fourth-order valence-electron chi connectivity index (χ4n) is 3.34. The molecule has 1 aromatic rings. The van der Waals surface area contributed by atoms with E-state index in [0.29, 0.717) is 5.41 Å². The van der Waals surface area contributed by atoms with Crippen LogP contribution in [0.1, 0.15) is 38.7 Å². The van der Waals surface area contributed by atoms with Crippen LogP contribution in [0.2, 0.25) is 0 Å². The average Bonchev–Trinajstić information content (AvgIpc) is 3.22. The molecule has 0 amide bonds. The minimum Gasteiger partial charge on any atom is -0.314 e. The minimum absolute atomic E-state index is 0.461. The van der Waals surface area contributed by atoms with E-state index in [1.807, 2.05) is 0 Å². The maximum Gasteiger partial charge on any atom is 0.00683 e. The summed E-state index contributed by atoms with van der Waals surface area (Å²) in [5.74, 6) is 1.60. The van der Waals surface area contributed by atoms with Gasteiger partial charge in [-0.05, 0) is 43.2 Å². The Kier molecular flexibility index (Phi) is 2.74. The van der Waals surface area contributed by atoms with Gasteiger partial charge in [0.2, 0.25) is 0 Å². The second-order valence-electron chi connectivity index (χ2n) is 6.14. The summed E-state index contributed by atoms with van der Waals surface area (Å²) >= 11 is 0. The molecule has 2 saturated carbocycles. The Balaban J connectivity index is 1.72. The largest absolute Gasteiger partial charge is 0.314 e. The molecule has 17 heavy (non-hydrogen) atoms. The molecule has 0 saturated heterocycles. The summed E-state index contributed by atoms with van der Waals surface area (Å²) in [7, 11) is 0. The van der Waals surface area contributed by atoms with Crippen molar-refractivity contribution < 1.29 is 0 Å². The van der Waals surface area contributed by atoms with Gasteiger partial charge < -0.3 is 5.32 Å². The van der Waals surface area contributed by atoms with E-state index in [1.165, 1.54) is 25.8 Å².